The third-order valence-corrected chi connectivity index (χ3v) is 8.15. The molecule has 2 bridgehead atoms. The van der Waals surface area contributed by atoms with Gasteiger partial charge in [0.1, 0.15) is 11.0 Å². The molecule has 1 spiro atoms. The van der Waals surface area contributed by atoms with Crippen LogP contribution in [0.25, 0.3) is 0 Å². The van der Waals surface area contributed by atoms with Gasteiger partial charge in [-0.3, -0.25) is 4.79 Å². The predicted molar refractivity (Wildman–Crippen MR) is 105 cm³/mol. The maximum absolute atomic E-state index is 12.2. The molecule has 0 radical (unpaired) electrons. The molecule has 0 aromatic carbocycles. The first-order chi connectivity index (χ1) is 13.0. The number of hydrogen-bond acceptors (Lipinski definition) is 7. The zero-order valence-corrected chi connectivity index (χ0v) is 18.7. The Balaban J connectivity index is 1.54. The van der Waals surface area contributed by atoms with E-state index in [0.29, 0.717) is 11.8 Å². The van der Waals surface area contributed by atoms with E-state index in [1.54, 1.807) is 0 Å². The van der Waals surface area contributed by atoms with E-state index >= 15 is 0 Å². The van der Waals surface area contributed by atoms with Crippen molar-refractivity contribution in [2.45, 2.75) is 95.9 Å². The average molecular weight is 415 g/mol. The second-order valence-electron chi connectivity index (χ2n) is 10.2. The summed E-state index contributed by atoms with van der Waals surface area (Å²) in [7, 11) is 0. The number of thioether (sulfide) groups is 1. The van der Waals surface area contributed by atoms with E-state index in [-0.39, 0.29) is 29.0 Å². The van der Waals surface area contributed by atoms with E-state index in [0.717, 1.165) is 19.3 Å². The number of hydrogen-bond donors (Lipinski definition) is 0. The molecule has 5 rings (SSSR count). The molecule has 0 aromatic heterocycles. The molecule has 7 heteroatoms. The van der Waals surface area contributed by atoms with Crippen molar-refractivity contribution in [1.29, 1.82) is 0 Å². The fourth-order valence-corrected chi connectivity index (χ4v) is 6.62. The second kappa shape index (κ2) is 7.12. The highest BCUT2D eigenvalue weighted by atomic mass is 32.2. The molecule has 0 aromatic rings. The standard InChI is InChI=1S/C21H34O6S/c1-12-7-8-15-13(2)17(28-11-16(22)24-19(3,4)5)23-18-21(15)14(12)9-10-20(6,25-18)26-27-21/h12-15,17-18H,7-11H2,1-6H3/t12-,13-,14+,15+,17+,18-,20+,21-/m1/s1. The van der Waals surface area contributed by atoms with E-state index in [4.69, 9.17) is 24.0 Å². The topological polar surface area (TPSA) is 63.2 Å². The summed E-state index contributed by atoms with van der Waals surface area (Å²) in [6.07, 6.45) is 3.61. The summed E-state index contributed by atoms with van der Waals surface area (Å²) in [6, 6.07) is 0. The Kier molecular flexibility index (Phi) is 5.32. The van der Waals surface area contributed by atoms with Gasteiger partial charge < -0.3 is 14.2 Å². The van der Waals surface area contributed by atoms with Crippen LogP contribution in [0.15, 0.2) is 0 Å². The van der Waals surface area contributed by atoms with Crippen LogP contribution in [0, 0.1) is 23.7 Å². The van der Waals surface area contributed by atoms with Gasteiger partial charge in [0.25, 0.3) is 0 Å². The Morgan fingerprint density at radius 1 is 1.14 bits per heavy atom. The highest BCUT2D eigenvalue weighted by molar-refractivity contribution is 8.00. The maximum Gasteiger partial charge on any atom is 0.316 e. The van der Waals surface area contributed by atoms with Gasteiger partial charge in [-0.25, -0.2) is 9.78 Å². The van der Waals surface area contributed by atoms with Crippen molar-refractivity contribution in [3.63, 3.8) is 0 Å². The minimum Gasteiger partial charge on any atom is -0.459 e. The first-order valence-electron chi connectivity index (χ1n) is 10.6. The summed E-state index contributed by atoms with van der Waals surface area (Å²) in [5.41, 5.74) is -1.15. The number of fused-ring (bicyclic) bond motifs is 2. The Bertz CT molecular complexity index is 621. The number of esters is 1. The molecule has 6 nitrogen and oxygen atoms in total. The molecule has 0 amide bonds. The minimum atomic E-state index is -0.765. The first-order valence-corrected chi connectivity index (χ1v) is 11.6. The monoisotopic (exact) mass is 414 g/mol. The fraction of sp³-hybridized carbons (Fsp3) is 0.952. The van der Waals surface area contributed by atoms with Gasteiger partial charge in [0.05, 0.1) is 5.75 Å². The minimum absolute atomic E-state index is 0.131. The van der Waals surface area contributed by atoms with Crippen LogP contribution in [-0.4, -0.2) is 40.4 Å². The lowest BCUT2D eigenvalue weighted by molar-refractivity contribution is -0.568. The lowest BCUT2D eigenvalue weighted by Crippen LogP contribution is -2.70. The van der Waals surface area contributed by atoms with Crippen LogP contribution in [0.2, 0.25) is 0 Å². The SMILES string of the molecule is C[C@H]1[C@H](SCC(=O)OC(C)(C)C)O[C@@H]2O[C@]3(C)CC[C@H]4[C@H](C)CC[C@@H]1[C@@]24OO3. The molecular weight excluding hydrogens is 380 g/mol. The average Bonchev–Trinajstić information content (AvgIpc) is 2.81. The zero-order valence-electron chi connectivity index (χ0n) is 17.9. The smallest absolute Gasteiger partial charge is 0.316 e. The van der Waals surface area contributed by atoms with E-state index < -0.39 is 23.3 Å². The van der Waals surface area contributed by atoms with Gasteiger partial charge in [0.2, 0.25) is 5.79 Å². The fourth-order valence-electron chi connectivity index (χ4n) is 5.58. The molecule has 1 saturated carbocycles. The van der Waals surface area contributed by atoms with Crippen molar-refractivity contribution in [1.82, 2.24) is 0 Å². The molecule has 4 saturated heterocycles. The van der Waals surface area contributed by atoms with Crippen molar-refractivity contribution < 1.29 is 28.8 Å². The molecule has 0 N–H and O–H groups in total. The third kappa shape index (κ3) is 3.51. The zero-order chi connectivity index (χ0) is 20.3. The van der Waals surface area contributed by atoms with Crippen molar-refractivity contribution in [3.05, 3.63) is 0 Å². The Labute approximate surface area is 172 Å². The Hall–Kier alpha value is -0.340. The van der Waals surface area contributed by atoms with E-state index in [9.17, 15) is 4.79 Å². The molecule has 4 aliphatic heterocycles. The lowest BCUT2D eigenvalue weighted by Gasteiger charge is -2.60. The van der Waals surface area contributed by atoms with E-state index in [1.165, 1.54) is 18.2 Å². The maximum atomic E-state index is 12.2. The summed E-state index contributed by atoms with van der Waals surface area (Å²) in [5.74, 6) is 0.720. The van der Waals surface area contributed by atoms with Gasteiger partial charge in [0.15, 0.2) is 11.9 Å². The summed E-state index contributed by atoms with van der Waals surface area (Å²) in [5, 5.41) is 0. The van der Waals surface area contributed by atoms with Gasteiger partial charge in [-0.15, -0.1) is 11.8 Å². The predicted octanol–water partition coefficient (Wildman–Crippen LogP) is 4.27. The Morgan fingerprint density at radius 3 is 2.61 bits per heavy atom. The highest BCUT2D eigenvalue weighted by Gasteiger charge is 2.69. The summed E-state index contributed by atoms with van der Waals surface area (Å²) in [6.45, 7) is 12.1. The van der Waals surface area contributed by atoms with Crippen LogP contribution in [0.3, 0.4) is 0 Å². The Morgan fingerprint density at radius 2 is 1.89 bits per heavy atom. The van der Waals surface area contributed by atoms with Crippen LogP contribution in [-0.2, 0) is 28.8 Å². The van der Waals surface area contributed by atoms with Crippen molar-refractivity contribution in [2.75, 3.05) is 5.75 Å². The summed E-state index contributed by atoms with van der Waals surface area (Å²) in [4.78, 5) is 24.2. The number of rotatable bonds is 3. The molecular formula is C21H34O6S. The normalized spacial score (nSPS) is 47.9. The quantitative estimate of drug-likeness (QED) is 0.505. The number of ether oxygens (including phenoxy) is 3. The van der Waals surface area contributed by atoms with Crippen LogP contribution in [0.1, 0.15) is 67.2 Å². The molecule has 8 atom stereocenters. The number of carbonyl (C=O) groups is 1. The second-order valence-corrected chi connectivity index (χ2v) is 11.3. The molecule has 4 heterocycles. The van der Waals surface area contributed by atoms with Crippen LogP contribution < -0.4 is 0 Å². The summed E-state index contributed by atoms with van der Waals surface area (Å²) >= 11 is 1.51. The first kappa shape index (κ1) is 20.9. The van der Waals surface area contributed by atoms with E-state index in [1.807, 2.05) is 27.7 Å². The molecule has 0 unspecified atom stereocenters. The third-order valence-electron chi connectivity index (χ3n) is 6.88. The highest BCUT2D eigenvalue weighted by Crippen LogP contribution is 2.61. The largest absolute Gasteiger partial charge is 0.459 e. The molecule has 1 aliphatic carbocycles. The van der Waals surface area contributed by atoms with Gasteiger partial charge in [0, 0.05) is 12.3 Å². The van der Waals surface area contributed by atoms with Gasteiger partial charge in [-0.1, -0.05) is 13.8 Å². The molecule has 160 valence electrons. The van der Waals surface area contributed by atoms with Crippen molar-refractivity contribution in [2.24, 2.45) is 23.7 Å². The summed E-state index contributed by atoms with van der Waals surface area (Å²) < 4.78 is 18.3. The lowest BCUT2D eigenvalue weighted by atomic mass is 9.58. The van der Waals surface area contributed by atoms with Crippen LogP contribution in [0.4, 0.5) is 0 Å². The van der Waals surface area contributed by atoms with Gasteiger partial charge in [-0.05, 0) is 64.7 Å². The van der Waals surface area contributed by atoms with E-state index in [2.05, 4.69) is 13.8 Å². The van der Waals surface area contributed by atoms with Gasteiger partial charge >= 0.3 is 5.97 Å². The molecule has 5 aliphatic rings. The van der Waals surface area contributed by atoms with Crippen LogP contribution in [0.5, 0.6) is 0 Å². The molecule has 28 heavy (non-hydrogen) atoms. The van der Waals surface area contributed by atoms with Gasteiger partial charge in [-0.2, -0.15) is 0 Å². The molecule has 5 fully saturated rings. The number of carbonyl (C=O) groups excluding carboxylic acids is 1. The van der Waals surface area contributed by atoms with Crippen LogP contribution >= 0.6 is 11.8 Å². The van der Waals surface area contributed by atoms with Crippen molar-refractivity contribution >= 4 is 17.7 Å². The van der Waals surface area contributed by atoms with Crippen molar-refractivity contribution in [3.8, 4) is 0 Å².